The van der Waals surface area contributed by atoms with Gasteiger partial charge in [-0.25, -0.2) is 0 Å². The zero-order chi connectivity index (χ0) is 11.5. The number of aryl methyl sites for hydroxylation is 1. The van der Waals surface area contributed by atoms with E-state index in [9.17, 15) is 5.11 Å². The average molecular weight is 216 g/mol. The maximum atomic E-state index is 9.26. The fourth-order valence-corrected chi connectivity index (χ4v) is 1.97. The summed E-state index contributed by atoms with van der Waals surface area (Å²) in [6.07, 6.45) is 2.01. The van der Waals surface area contributed by atoms with Crippen molar-refractivity contribution in [2.75, 3.05) is 6.54 Å². The highest BCUT2D eigenvalue weighted by Crippen LogP contribution is 2.24. The highest BCUT2D eigenvalue weighted by atomic mass is 16.3. The predicted molar refractivity (Wildman–Crippen MR) is 64.4 cm³/mol. The zero-order valence-corrected chi connectivity index (χ0v) is 9.30. The molecule has 0 fully saturated rings. The molecule has 16 heavy (non-hydrogen) atoms. The third-order valence-corrected chi connectivity index (χ3v) is 2.87. The van der Waals surface area contributed by atoms with Gasteiger partial charge in [-0.1, -0.05) is 12.1 Å². The third kappa shape index (κ3) is 1.95. The molecule has 1 aromatic heterocycles. The molecule has 0 saturated heterocycles. The van der Waals surface area contributed by atoms with Crippen LogP contribution < -0.4 is 5.73 Å². The summed E-state index contributed by atoms with van der Waals surface area (Å²) in [7, 11) is 2.01. The van der Waals surface area contributed by atoms with Crippen molar-refractivity contribution < 1.29 is 5.11 Å². The maximum Gasteiger partial charge on any atom is 0.115 e. The van der Waals surface area contributed by atoms with E-state index in [4.69, 9.17) is 5.73 Å². The van der Waals surface area contributed by atoms with Crippen LogP contribution in [0.3, 0.4) is 0 Å². The first-order valence-corrected chi connectivity index (χ1v) is 5.32. The lowest BCUT2D eigenvalue weighted by Gasteiger charge is -2.16. The number of rotatable bonds is 3. The Balaban J connectivity index is 2.37. The van der Waals surface area contributed by atoms with E-state index < -0.39 is 0 Å². The van der Waals surface area contributed by atoms with Gasteiger partial charge in [-0.3, -0.25) is 0 Å². The number of aromatic nitrogens is 1. The van der Waals surface area contributed by atoms with Crippen LogP contribution >= 0.6 is 0 Å². The second-order valence-corrected chi connectivity index (χ2v) is 3.92. The second-order valence-electron chi connectivity index (χ2n) is 3.92. The van der Waals surface area contributed by atoms with Crippen molar-refractivity contribution in [1.82, 2.24) is 4.57 Å². The molecule has 3 heteroatoms. The summed E-state index contributed by atoms with van der Waals surface area (Å²) in [6.45, 7) is 0.558. The van der Waals surface area contributed by atoms with Gasteiger partial charge in [0, 0.05) is 31.4 Å². The monoisotopic (exact) mass is 216 g/mol. The summed E-state index contributed by atoms with van der Waals surface area (Å²) in [5, 5.41) is 9.26. The Morgan fingerprint density at radius 2 is 1.94 bits per heavy atom. The Morgan fingerprint density at radius 3 is 2.44 bits per heavy atom. The van der Waals surface area contributed by atoms with E-state index in [1.54, 1.807) is 12.1 Å². The van der Waals surface area contributed by atoms with Gasteiger partial charge in [-0.05, 0) is 29.8 Å². The Kier molecular flexibility index (Phi) is 2.97. The van der Waals surface area contributed by atoms with E-state index in [2.05, 4.69) is 10.6 Å². The molecule has 1 atom stereocenters. The summed E-state index contributed by atoms with van der Waals surface area (Å²) in [4.78, 5) is 0. The molecule has 1 unspecified atom stereocenters. The number of phenolic OH excluding ortho intramolecular Hbond substituents is 1. The second kappa shape index (κ2) is 4.41. The van der Waals surface area contributed by atoms with E-state index in [1.807, 2.05) is 31.4 Å². The summed E-state index contributed by atoms with van der Waals surface area (Å²) in [6, 6.07) is 11.3. The number of aromatic hydroxyl groups is 1. The van der Waals surface area contributed by atoms with Crippen LogP contribution in [0.5, 0.6) is 5.75 Å². The molecular formula is C13H16N2O. The predicted octanol–water partition coefficient (Wildman–Crippen LogP) is 1.82. The summed E-state index contributed by atoms with van der Waals surface area (Å²) >= 11 is 0. The molecule has 0 aliphatic carbocycles. The lowest BCUT2D eigenvalue weighted by Crippen LogP contribution is -2.16. The van der Waals surface area contributed by atoms with Crippen molar-refractivity contribution in [2.24, 2.45) is 12.8 Å². The molecule has 0 aliphatic heterocycles. The van der Waals surface area contributed by atoms with E-state index >= 15 is 0 Å². The number of nitrogens with two attached hydrogens (primary N) is 1. The van der Waals surface area contributed by atoms with Gasteiger partial charge in [0.1, 0.15) is 5.75 Å². The minimum Gasteiger partial charge on any atom is -0.508 e. The number of hydrogen-bond donors (Lipinski definition) is 2. The van der Waals surface area contributed by atoms with Crippen LogP contribution in [0, 0.1) is 0 Å². The normalized spacial score (nSPS) is 12.6. The first kappa shape index (κ1) is 10.8. The lowest BCUT2D eigenvalue weighted by atomic mass is 9.96. The molecule has 1 heterocycles. The first-order chi connectivity index (χ1) is 7.72. The summed E-state index contributed by atoms with van der Waals surface area (Å²) in [5.41, 5.74) is 8.14. The minimum atomic E-state index is 0.181. The van der Waals surface area contributed by atoms with E-state index in [0.717, 1.165) is 5.56 Å². The molecule has 2 rings (SSSR count). The lowest BCUT2D eigenvalue weighted by molar-refractivity contribution is 0.475. The molecule has 3 nitrogen and oxygen atoms in total. The number of nitrogens with zero attached hydrogens (tertiary/aromatic N) is 1. The standard InChI is InChI=1S/C13H16N2O/c1-15-8-2-3-13(15)12(9-14)10-4-6-11(16)7-5-10/h2-8,12,16H,9,14H2,1H3. The van der Waals surface area contributed by atoms with Crippen LogP contribution in [0.4, 0.5) is 0 Å². The van der Waals surface area contributed by atoms with Crippen LogP contribution in [0.15, 0.2) is 42.6 Å². The Bertz CT molecular complexity index is 459. The minimum absolute atomic E-state index is 0.181. The average Bonchev–Trinajstić information content (AvgIpc) is 2.69. The Hall–Kier alpha value is -1.74. The van der Waals surface area contributed by atoms with Gasteiger partial charge in [-0.2, -0.15) is 0 Å². The molecule has 0 radical (unpaired) electrons. The molecule has 0 aliphatic rings. The van der Waals surface area contributed by atoms with Crippen LogP contribution in [0.25, 0.3) is 0 Å². The van der Waals surface area contributed by atoms with E-state index in [1.165, 1.54) is 5.69 Å². The largest absolute Gasteiger partial charge is 0.508 e. The molecule has 1 aromatic carbocycles. The van der Waals surface area contributed by atoms with Gasteiger partial charge in [-0.15, -0.1) is 0 Å². The van der Waals surface area contributed by atoms with Crippen molar-refractivity contribution in [3.8, 4) is 5.75 Å². The molecule has 3 N–H and O–H groups in total. The maximum absolute atomic E-state index is 9.26. The molecular weight excluding hydrogens is 200 g/mol. The molecule has 84 valence electrons. The van der Waals surface area contributed by atoms with Crippen molar-refractivity contribution in [3.63, 3.8) is 0 Å². The first-order valence-electron chi connectivity index (χ1n) is 5.32. The number of benzene rings is 1. The van der Waals surface area contributed by atoms with Crippen molar-refractivity contribution in [3.05, 3.63) is 53.9 Å². The van der Waals surface area contributed by atoms with Gasteiger partial charge >= 0.3 is 0 Å². The van der Waals surface area contributed by atoms with Crippen LogP contribution in [-0.2, 0) is 7.05 Å². The molecule has 0 saturated carbocycles. The van der Waals surface area contributed by atoms with Crippen LogP contribution in [0.2, 0.25) is 0 Å². The van der Waals surface area contributed by atoms with Gasteiger partial charge in [0.05, 0.1) is 0 Å². The SMILES string of the molecule is Cn1cccc1C(CN)c1ccc(O)cc1. The zero-order valence-electron chi connectivity index (χ0n) is 9.30. The van der Waals surface area contributed by atoms with E-state index in [-0.39, 0.29) is 11.7 Å². The summed E-state index contributed by atoms with van der Waals surface area (Å²) < 4.78 is 2.07. The quantitative estimate of drug-likeness (QED) is 0.822. The van der Waals surface area contributed by atoms with Crippen molar-refractivity contribution in [1.29, 1.82) is 0 Å². The van der Waals surface area contributed by atoms with Gasteiger partial charge in [0.2, 0.25) is 0 Å². The van der Waals surface area contributed by atoms with Crippen LogP contribution in [0.1, 0.15) is 17.2 Å². The molecule has 0 amide bonds. The number of hydrogen-bond acceptors (Lipinski definition) is 2. The van der Waals surface area contributed by atoms with Crippen LogP contribution in [-0.4, -0.2) is 16.2 Å². The molecule has 0 spiro atoms. The third-order valence-electron chi connectivity index (χ3n) is 2.87. The van der Waals surface area contributed by atoms with Crippen molar-refractivity contribution in [2.45, 2.75) is 5.92 Å². The fourth-order valence-electron chi connectivity index (χ4n) is 1.97. The highest BCUT2D eigenvalue weighted by Gasteiger charge is 2.14. The van der Waals surface area contributed by atoms with E-state index in [0.29, 0.717) is 6.54 Å². The number of phenols is 1. The van der Waals surface area contributed by atoms with Gasteiger partial charge in [0.15, 0.2) is 0 Å². The van der Waals surface area contributed by atoms with Gasteiger partial charge < -0.3 is 15.4 Å². The Morgan fingerprint density at radius 1 is 1.25 bits per heavy atom. The highest BCUT2D eigenvalue weighted by molar-refractivity contribution is 5.33. The summed E-state index contributed by atoms with van der Waals surface area (Å²) in [5.74, 6) is 0.465. The fraction of sp³-hybridized carbons (Fsp3) is 0.231. The molecule has 0 bridgehead atoms. The smallest absolute Gasteiger partial charge is 0.115 e. The molecule has 2 aromatic rings. The van der Waals surface area contributed by atoms with Crippen molar-refractivity contribution >= 4 is 0 Å². The Labute approximate surface area is 95.1 Å². The topological polar surface area (TPSA) is 51.2 Å². The van der Waals surface area contributed by atoms with Gasteiger partial charge in [0.25, 0.3) is 0 Å².